The molecule has 0 fully saturated rings. The molecule has 0 saturated carbocycles. The summed E-state index contributed by atoms with van der Waals surface area (Å²) in [6, 6.07) is 4.55. The first-order valence-electron chi connectivity index (χ1n) is 7.94. The fraction of sp³-hybridized carbons (Fsp3) is 0.294. The smallest absolute Gasteiger partial charge is 0.338 e. The van der Waals surface area contributed by atoms with Crippen LogP contribution < -0.4 is 5.43 Å². The zero-order chi connectivity index (χ0) is 20.2. The number of esters is 1. The third-order valence-corrected chi connectivity index (χ3v) is 4.58. The van der Waals surface area contributed by atoms with E-state index in [1.807, 2.05) is 0 Å². The number of phenols is 2. The molecule has 0 amide bonds. The number of aromatic hydroxyl groups is 3. The maximum absolute atomic E-state index is 12.1. The van der Waals surface area contributed by atoms with Gasteiger partial charge in [-0.05, 0) is 36.8 Å². The first-order chi connectivity index (χ1) is 12.6. The SMILES string of the molecule is O=C(OCCCCCS(=O)(=O)O)c1cc(=O)c(O)c2c(O)c(O)ccc2c1. The van der Waals surface area contributed by atoms with Crippen LogP contribution in [-0.2, 0) is 14.9 Å². The molecular formula is C17H18O9S. The van der Waals surface area contributed by atoms with Crippen molar-refractivity contribution in [2.45, 2.75) is 19.3 Å². The van der Waals surface area contributed by atoms with Gasteiger partial charge in [-0.2, -0.15) is 8.42 Å². The maximum atomic E-state index is 12.1. The molecule has 0 spiro atoms. The molecule has 0 bridgehead atoms. The Morgan fingerprint density at radius 1 is 1.00 bits per heavy atom. The number of hydrogen-bond donors (Lipinski definition) is 4. The van der Waals surface area contributed by atoms with Crippen LogP contribution in [0.15, 0.2) is 29.1 Å². The van der Waals surface area contributed by atoms with Crippen molar-refractivity contribution in [1.29, 1.82) is 0 Å². The second kappa shape index (κ2) is 8.23. The topological polar surface area (TPSA) is 158 Å². The Hall–Kier alpha value is -2.85. The molecule has 0 aliphatic rings. The van der Waals surface area contributed by atoms with Gasteiger partial charge in [-0.3, -0.25) is 9.35 Å². The molecule has 2 rings (SSSR count). The number of carbonyl (C=O) groups excluding carboxylic acids is 1. The molecule has 10 heteroatoms. The Balaban J connectivity index is 2.14. The van der Waals surface area contributed by atoms with E-state index in [0.717, 1.165) is 12.1 Å². The minimum Gasteiger partial charge on any atom is -0.504 e. The van der Waals surface area contributed by atoms with E-state index in [2.05, 4.69) is 0 Å². The van der Waals surface area contributed by atoms with Crippen LogP contribution in [0.3, 0.4) is 0 Å². The van der Waals surface area contributed by atoms with E-state index < -0.39 is 38.8 Å². The van der Waals surface area contributed by atoms with Crippen molar-refractivity contribution in [2.75, 3.05) is 12.4 Å². The Morgan fingerprint density at radius 3 is 2.37 bits per heavy atom. The Morgan fingerprint density at radius 2 is 1.70 bits per heavy atom. The third kappa shape index (κ3) is 5.31. The first-order valence-corrected chi connectivity index (χ1v) is 9.55. The van der Waals surface area contributed by atoms with Crippen LogP contribution in [0.4, 0.5) is 0 Å². The molecule has 0 aliphatic heterocycles. The number of carbonyl (C=O) groups is 1. The number of hydrogen-bond acceptors (Lipinski definition) is 8. The van der Waals surface area contributed by atoms with Gasteiger partial charge in [0.2, 0.25) is 5.43 Å². The quantitative estimate of drug-likeness (QED) is 0.235. The molecule has 0 saturated heterocycles. The van der Waals surface area contributed by atoms with Gasteiger partial charge < -0.3 is 20.1 Å². The zero-order valence-electron chi connectivity index (χ0n) is 14.1. The van der Waals surface area contributed by atoms with Gasteiger partial charge in [0.25, 0.3) is 10.1 Å². The molecule has 0 heterocycles. The number of ether oxygens (including phenoxy) is 1. The highest BCUT2D eigenvalue weighted by molar-refractivity contribution is 7.85. The minimum absolute atomic E-state index is 0.0347. The molecule has 27 heavy (non-hydrogen) atoms. The summed E-state index contributed by atoms with van der Waals surface area (Å²) in [5, 5.41) is 29.2. The van der Waals surface area contributed by atoms with Gasteiger partial charge in [-0.1, -0.05) is 6.07 Å². The second-order valence-corrected chi connectivity index (χ2v) is 7.41. The van der Waals surface area contributed by atoms with Gasteiger partial charge in [0.15, 0.2) is 17.2 Å². The van der Waals surface area contributed by atoms with Gasteiger partial charge in [0, 0.05) is 6.07 Å². The number of unbranched alkanes of at least 4 members (excludes halogenated alkanes) is 2. The van der Waals surface area contributed by atoms with E-state index in [1.54, 1.807) is 0 Å². The van der Waals surface area contributed by atoms with Gasteiger partial charge in [0.05, 0.1) is 23.3 Å². The summed E-state index contributed by atoms with van der Waals surface area (Å²) in [6.07, 6.45) is 0.965. The average Bonchev–Trinajstić information content (AvgIpc) is 2.71. The lowest BCUT2D eigenvalue weighted by atomic mass is 10.1. The molecule has 4 N–H and O–H groups in total. The summed E-state index contributed by atoms with van der Waals surface area (Å²) >= 11 is 0. The predicted molar refractivity (Wildman–Crippen MR) is 95.8 cm³/mol. The fourth-order valence-electron chi connectivity index (χ4n) is 2.44. The number of phenolic OH excluding ortho intramolecular Hbond substituents is 2. The average molecular weight is 398 g/mol. The zero-order valence-corrected chi connectivity index (χ0v) is 14.9. The van der Waals surface area contributed by atoms with Crippen LogP contribution in [-0.4, -0.2) is 46.6 Å². The molecule has 2 aromatic carbocycles. The van der Waals surface area contributed by atoms with Gasteiger partial charge in [0.1, 0.15) is 0 Å². The fourth-order valence-corrected chi connectivity index (χ4v) is 3.01. The Kier molecular flexibility index (Phi) is 6.24. The Bertz CT molecular complexity index is 1030. The van der Waals surface area contributed by atoms with Crippen LogP contribution >= 0.6 is 0 Å². The van der Waals surface area contributed by atoms with Crippen molar-refractivity contribution in [3.05, 3.63) is 40.1 Å². The van der Waals surface area contributed by atoms with Crippen LogP contribution in [0.1, 0.15) is 29.6 Å². The van der Waals surface area contributed by atoms with E-state index in [9.17, 15) is 33.3 Å². The van der Waals surface area contributed by atoms with Gasteiger partial charge in [-0.25, -0.2) is 4.79 Å². The van der Waals surface area contributed by atoms with Crippen LogP contribution in [0.25, 0.3) is 10.8 Å². The standard InChI is InChI=1S/C17H18O9S/c18-12-5-4-10-8-11(9-13(19)16(21)14(10)15(12)20)17(22)26-6-2-1-3-7-27(23,24)25/h4-5,8-9,18,20H,1-3,6-7H2,(H,19,21)(H,23,24,25). The second-order valence-electron chi connectivity index (χ2n) is 5.84. The highest BCUT2D eigenvalue weighted by atomic mass is 32.2. The summed E-state index contributed by atoms with van der Waals surface area (Å²) in [5.74, 6) is -3.25. The van der Waals surface area contributed by atoms with Crippen molar-refractivity contribution in [1.82, 2.24) is 0 Å². The normalized spacial score (nSPS) is 11.4. The number of rotatable bonds is 7. The first kappa shape index (κ1) is 20.5. The summed E-state index contributed by atoms with van der Waals surface area (Å²) in [5.41, 5.74) is -1.10. The molecule has 0 unspecified atom stereocenters. The molecule has 0 aliphatic carbocycles. The van der Waals surface area contributed by atoms with Crippen molar-refractivity contribution in [3.63, 3.8) is 0 Å². The summed E-state index contributed by atoms with van der Waals surface area (Å²) < 4.78 is 34.8. The van der Waals surface area contributed by atoms with Crippen molar-refractivity contribution in [3.8, 4) is 17.2 Å². The molecular weight excluding hydrogens is 380 g/mol. The van der Waals surface area contributed by atoms with Crippen molar-refractivity contribution >= 4 is 26.9 Å². The predicted octanol–water partition coefficient (Wildman–Crippen LogP) is 1.53. The molecule has 0 atom stereocenters. The maximum Gasteiger partial charge on any atom is 0.338 e. The largest absolute Gasteiger partial charge is 0.504 e. The van der Waals surface area contributed by atoms with Gasteiger partial charge >= 0.3 is 5.97 Å². The summed E-state index contributed by atoms with van der Waals surface area (Å²) in [7, 11) is -4.02. The molecule has 0 radical (unpaired) electrons. The monoisotopic (exact) mass is 398 g/mol. The highest BCUT2D eigenvalue weighted by Gasteiger charge is 2.15. The van der Waals surface area contributed by atoms with Crippen molar-refractivity contribution in [2.24, 2.45) is 0 Å². The Labute approximate surface area is 154 Å². The number of fused-ring (bicyclic) bond motifs is 1. The number of benzene rings is 1. The minimum atomic E-state index is -4.02. The lowest BCUT2D eigenvalue weighted by Gasteiger charge is -2.04. The third-order valence-electron chi connectivity index (χ3n) is 3.77. The highest BCUT2D eigenvalue weighted by Crippen LogP contribution is 2.36. The summed E-state index contributed by atoms with van der Waals surface area (Å²) in [4.78, 5) is 24.1. The van der Waals surface area contributed by atoms with Crippen LogP contribution in [0, 0.1) is 0 Å². The molecule has 2 aromatic rings. The van der Waals surface area contributed by atoms with E-state index in [-0.39, 0.29) is 35.1 Å². The lowest BCUT2D eigenvalue weighted by molar-refractivity contribution is 0.0498. The molecule has 9 nitrogen and oxygen atoms in total. The van der Waals surface area contributed by atoms with E-state index in [4.69, 9.17) is 9.29 Å². The molecule has 146 valence electrons. The summed E-state index contributed by atoms with van der Waals surface area (Å²) in [6.45, 7) is -0.0347. The van der Waals surface area contributed by atoms with Gasteiger partial charge in [-0.15, -0.1) is 0 Å². The van der Waals surface area contributed by atoms with Crippen molar-refractivity contribution < 1.29 is 37.8 Å². The van der Waals surface area contributed by atoms with E-state index in [0.29, 0.717) is 12.8 Å². The van der Waals surface area contributed by atoms with E-state index in [1.165, 1.54) is 12.1 Å². The lowest BCUT2D eigenvalue weighted by Crippen LogP contribution is -2.09. The van der Waals surface area contributed by atoms with Crippen LogP contribution in [0.5, 0.6) is 17.2 Å². The van der Waals surface area contributed by atoms with Crippen LogP contribution in [0.2, 0.25) is 0 Å². The van der Waals surface area contributed by atoms with E-state index >= 15 is 0 Å². The molecule has 0 aromatic heterocycles.